The van der Waals surface area contributed by atoms with Crippen molar-refractivity contribution in [3.8, 4) is 22.1 Å². The van der Waals surface area contributed by atoms with Crippen LogP contribution in [-0.2, 0) is 12.8 Å². The Labute approximate surface area is 160 Å². The van der Waals surface area contributed by atoms with Crippen molar-refractivity contribution < 1.29 is 9.47 Å². The van der Waals surface area contributed by atoms with Gasteiger partial charge in [0, 0.05) is 29.7 Å². The van der Waals surface area contributed by atoms with Crippen LogP contribution in [-0.4, -0.2) is 34.0 Å². The Balaban J connectivity index is 1.46. The maximum atomic E-state index is 5.38. The van der Waals surface area contributed by atoms with Gasteiger partial charge in [0.25, 0.3) is 0 Å². The van der Waals surface area contributed by atoms with Gasteiger partial charge in [-0.25, -0.2) is 4.98 Å². The number of hydrogen-bond donors (Lipinski definition) is 0. The minimum Gasteiger partial charge on any atom is -0.493 e. The molecule has 1 aliphatic rings. The van der Waals surface area contributed by atoms with Gasteiger partial charge in [-0.15, -0.1) is 21.5 Å². The van der Waals surface area contributed by atoms with Crippen molar-refractivity contribution in [2.45, 2.75) is 29.7 Å². The van der Waals surface area contributed by atoms with Gasteiger partial charge < -0.3 is 14.0 Å². The van der Waals surface area contributed by atoms with E-state index in [1.165, 1.54) is 12.8 Å². The van der Waals surface area contributed by atoms with E-state index in [0.29, 0.717) is 11.7 Å². The van der Waals surface area contributed by atoms with Crippen molar-refractivity contribution in [1.29, 1.82) is 0 Å². The van der Waals surface area contributed by atoms with E-state index in [2.05, 4.69) is 20.1 Å². The highest BCUT2D eigenvalue weighted by Crippen LogP contribution is 2.40. The molecule has 0 aliphatic heterocycles. The maximum Gasteiger partial charge on any atom is 0.191 e. The quantitative estimate of drug-likeness (QED) is 0.567. The van der Waals surface area contributed by atoms with Gasteiger partial charge >= 0.3 is 0 Å². The summed E-state index contributed by atoms with van der Waals surface area (Å²) in [6.07, 6.45) is 2.47. The lowest BCUT2D eigenvalue weighted by molar-refractivity contribution is 0.355. The zero-order chi connectivity index (χ0) is 18.1. The summed E-state index contributed by atoms with van der Waals surface area (Å²) in [7, 11) is 5.33. The Morgan fingerprint density at radius 1 is 1.19 bits per heavy atom. The number of hydrogen-bond acceptors (Lipinski definition) is 7. The Bertz CT molecular complexity index is 918. The molecule has 3 aromatic rings. The van der Waals surface area contributed by atoms with Gasteiger partial charge in [-0.05, 0) is 31.0 Å². The average Bonchev–Trinajstić information content (AvgIpc) is 3.28. The van der Waals surface area contributed by atoms with Crippen molar-refractivity contribution in [1.82, 2.24) is 19.7 Å². The predicted molar refractivity (Wildman–Crippen MR) is 103 cm³/mol. The Morgan fingerprint density at radius 3 is 2.73 bits per heavy atom. The highest BCUT2D eigenvalue weighted by Gasteiger charge is 2.29. The molecule has 2 aromatic heterocycles. The number of thioether (sulfide) groups is 1. The minimum atomic E-state index is 0.609. The van der Waals surface area contributed by atoms with Gasteiger partial charge in [-0.2, -0.15) is 0 Å². The standard InChI is InChI=1S/C18H20N4O2S2/c1-22-16(11-4-5-11)20-21-18(22)26-10-13-9-25-17(19-13)12-6-7-14(23-2)15(8-12)24-3/h6-9,11H,4-5,10H2,1-3H3. The van der Waals surface area contributed by atoms with Crippen LogP contribution in [0.2, 0.25) is 0 Å². The van der Waals surface area contributed by atoms with Crippen LogP contribution in [0.5, 0.6) is 11.5 Å². The van der Waals surface area contributed by atoms with Crippen LogP contribution in [0.4, 0.5) is 0 Å². The molecule has 0 radical (unpaired) electrons. The van der Waals surface area contributed by atoms with Crippen molar-refractivity contribution in [2.75, 3.05) is 14.2 Å². The molecule has 136 valence electrons. The molecule has 1 aromatic carbocycles. The molecular formula is C18H20N4O2S2. The summed E-state index contributed by atoms with van der Waals surface area (Å²) in [5.41, 5.74) is 2.07. The monoisotopic (exact) mass is 388 g/mol. The molecule has 4 rings (SSSR count). The van der Waals surface area contributed by atoms with E-state index in [1.54, 1.807) is 37.3 Å². The molecule has 6 nitrogen and oxygen atoms in total. The van der Waals surface area contributed by atoms with E-state index in [9.17, 15) is 0 Å². The highest BCUT2D eigenvalue weighted by atomic mass is 32.2. The van der Waals surface area contributed by atoms with Crippen LogP contribution in [0.3, 0.4) is 0 Å². The van der Waals surface area contributed by atoms with Gasteiger partial charge in [-0.3, -0.25) is 0 Å². The second-order valence-electron chi connectivity index (χ2n) is 6.18. The van der Waals surface area contributed by atoms with E-state index in [4.69, 9.17) is 14.5 Å². The molecule has 1 fully saturated rings. The van der Waals surface area contributed by atoms with Crippen LogP contribution in [0.1, 0.15) is 30.3 Å². The third-order valence-corrected chi connectivity index (χ3v) is 6.34. The third kappa shape index (κ3) is 3.43. The fourth-order valence-electron chi connectivity index (χ4n) is 2.76. The SMILES string of the molecule is COc1ccc(-c2nc(CSc3nnc(C4CC4)n3C)cs2)cc1OC. The normalized spacial score (nSPS) is 13.8. The fourth-order valence-corrected chi connectivity index (χ4v) is 4.50. The molecule has 0 spiro atoms. The maximum absolute atomic E-state index is 5.38. The molecule has 26 heavy (non-hydrogen) atoms. The van der Waals surface area contributed by atoms with E-state index in [1.807, 2.05) is 25.2 Å². The Morgan fingerprint density at radius 2 is 2.00 bits per heavy atom. The number of ether oxygens (including phenoxy) is 2. The van der Waals surface area contributed by atoms with E-state index in [0.717, 1.165) is 38.7 Å². The van der Waals surface area contributed by atoms with Crippen LogP contribution < -0.4 is 9.47 Å². The van der Waals surface area contributed by atoms with Crippen molar-refractivity contribution >= 4 is 23.1 Å². The van der Waals surface area contributed by atoms with Crippen molar-refractivity contribution in [3.63, 3.8) is 0 Å². The summed E-state index contributed by atoms with van der Waals surface area (Å²) in [6.45, 7) is 0. The van der Waals surface area contributed by atoms with Crippen molar-refractivity contribution in [2.24, 2.45) is 7.05 Å². The summed E-state index contributed by atoms with van der Waals surface area (Å²) in [5.74, 6) is 3.93. The number of methoxy groups -OCH3 is 2. The zero-order valence-corrected chi connectivity index (χ0v) is 16.6. The first-order valence-corrected chi connectivity index (χ1v) is 10.2. The lowest BCUT2D eigenvalue weighted by Gasteiger charge is -2.08. The highest BCUT2D eigenvalue weighted by molar-refractivity contribution is 7.98. The zero-order valence-electron chi connectivity index (χ0n) is 14.9. The van der Waals surface area contributed by atoms with Crippen LogP contribution >= 0.6 is 23.1 Å². The Kier molecular flexibility index (Phi) is 4.86. The van der Waals surface area contributed by atoms with E-state index >= 15 is 0 Å². The minimum absolute atomic E-state index is 0.609. The molecular weight excluding hydrogens is 368 g/mol. The van der Waals surface area contributed by atoms with Gasteiger partial charge in [0.2, 0.25) is 0 Å². The molecule has 2 heterocycles. The molecule has 0 bridgehead atoms. The van der Waals surface area contributed by atoms with Gasteiger partial charge in [0.05, 0.1) is 19.9 Å². The number of thiazole rings is 1. The number of benzene rings is 1. The topological polar surface area (TPSA) is 62.1 Å². The lowest BCUT2D eigenvalue weighted by atomic mass is 10.2. The first-order chi connectivity index (χ1) is 12.7. The average molecular weight is 389 g/mol. The number of nitrogens with zero attached hydrogens (tertiary/aromatic N) is 4. The van der Waals surface area contributed by atoms with E-state index < -0.39 is 0 Å². The molecule has 1 aliphatic carbocycles. The summed E-state index contributed by atoms with van der Waals surface area (Å²) >= 11 is 3.31. The summed E-state index contributed by atoms with van der Waals surface area (Å²) < 4.78 is 12.8. The van der Waals surface area contributed by atoms with Gasteiger partial charge in [-0.1, -0.05) is 11.8 Å². The smallest absolute Gasteiger partial charge is 0.191 e. The number of rotatable bonds is 7. The second kappa shape index (κ2) is 7.28. The molecule has 0 atom stereocenters. The molecule has 8 heteroatoms. The first kappa shape index (κ1) is 17.4. The lowest BCUT2D eigenvalue weighted by Crippen LogP contribution is -1.97. The third-order valence-electron chi connectivity index (χ3n) is 4.34. The molecule has 0 unspecified atom stereocenters. The van der Waals surface area contributed by atoms with E-state index in [-0.39, 0.29) is 0 Å². The molecule has 0 saturated heterocycles. The molecule has 0 N–H and O–H groups in total. The Hall–Kier alpha value is -2.06. The predicted octanol–water partition coefficient (Wildman–Crippen LogP) is 4.13. The van der Waals surface area contributed by atoms with Crippen molar-refractivity contribution in [3.05, 3.63) is 35.1 Å². The van der Waals surface area contributed by atoms with Crippen LogP contribution in [0, 0.1) is 0 Å². The fraction of sp³-hybridized carbons (Fsp3) is 0.389. The largest absolute Gasteiger partial charge is 0.493 e. The molecule has 0 amide bonds. The molecule has 1 saturated carbocycles. The van der Waals surface area contributed by atoms with Gasteiger partial charge in [0.15, 0.2) is 16.7 Å². The first-order valence-electron chi connectivity index (χ1n) is 8.38. The number of aromatic nitrogens is 4. The van der Waals surface area contributed by atoms with Gasteiger partial charge in [0.1, 0.15) is 10.8 Å². The summed E-state index contributed by atoms with van der Waals surface area (Å²) in [4.78, 5) is 4.75. The van der Waals surface area contributed by atoms with Crippen LogP contribution in [0.25, 0.3) is 10.6 Å². The summed E-state index contributed by atoms with van der Waals surface area (Å²) in [5, 5.41) is 12.7. The summed E-state index contributed by atoms with van der Waals surface area (Å²) in [6, 6.07) is 5.86. The second-order valence-corrected chi connectivity index (χ2v) is 7.98. The van der Waals surface area contributed by atoms with Crippen LogP contribution in [0.15, 0.2) is 28.7 Å².